The highest BCUT2D eigenvalue weighted by molar-refractivity contribution is 5.94. The lowest BCUT2D eigenvalue weighted by atomic mass is 10.1. The molecule has 2 N–H and O–H groups in total. The van der Waals surface area contributed by atoms with Crippen LogP contribution in [0.1, 0.15) is 33.1 Å². The predicted molar refractivity (Wildman–Crippen MR) is 141 cm³/mol. The Morgan fingerprint density at radius 2 is 1.84 bits per heavy atom. The van der Waals surface area contributed by atoms with Gasteiger partial charge in [-0.05, 0) is 59.2 Å². The third-order valence-electron chi connectivity index (χ3n) is 6.32. The Labute approximate surface area is 218 Å². The van der Waals surface area contributed by atoms with Crippen LogP contribution in [0.25, 0.3) is 0 Å². The second kappa shape index (κ2) is 10.7. The van der Waals surface area contributed by atoms with Gasteiger partial charge in [-0.2, -0.15) is 0 Å². The zero-order valence-electron chi connectivity index (χ0n) is 20.4. The van der Waals surface area contributed by atoms with Crippen molar-refractivity contribution in [2.75, 3.05) is 11.9 Å². The Kier molecular flexibility index (Phi) is 7.04. The summed E-state index contributed by atoms with van der Waals surface area (Å²) in [5, 5.41) is 6.13. The van der Waals surface area contributed by atoms with Gasteiger partial charge in [-0.1, -0.05) is 43.0 Å². The van der Waals surface area contributed by atoms with Crippen LogP contribution in [0, 0.1) is 11.6 Å². The number of nitrogens with zero attached hydrogens (tertiary/aromatic N) is 1. The van der Waals surface area contributed by atoms with E-state index in [1.807, 2.05) is 48.5 Å². The van der Waals surface area contributed by atoms with Gasteiger partial charge in [-0.15, -0.1) is 0 Å². The molecule has 0 saturated heterocycles. The van der Waals surface area contributed by atoms with Crippen LogP contribution in [-0.2, 0) is 13.0 Å². The first-order valence-corrected chi connectivity index (χ1v) is 12.1. The minimum atomic E-state index is -1.00. The van der Waals surface area contributed by atoms with Gasteiger partial charge in [0.2, 0.25) is 0 Å². The number of amides is 1. The van der Waals surface area contributed by atoms with E-state index in [0.29, 0.717) is 11.3 Å². The summed E-state index contributed by atoms with van der Waals surface area (Å²) < 4.78 is 34.2. The molecular formula is C30H25F2N3O3. The third kappa shape index (κ3) is 5.49. The number of benzene rings is 3. The lowest BCUT2D eigenvalue weighted by Crippen LogP contribution is -2.37. The summed E-state index contributed by atoms with van der Waals surface area (Å²) in [5.74, 6) is -1.88. The molecule has 1 amide bonds. The number of hydrogen-bond acceptors (Lipinski definition) is 4. The first kappa shape index (κ1) is 25.0. The molecule has 1 aliphatic heterocycles. The maximum Gasteiger partial charge on any atom is 0.263 e. The smallest absolute Gasteiger partial charge is 0.263 e. The third-order valence-corrected chi connectivity index (χ3v) is 6.32. The molecule has 0 unspecified atom stereocenters. The monoisotopic (exact) mass is 513 g/mol. The highest BCUT2D eigenvalue weighted by Crippen LogP contribution is 2.30. The first-order valence-electron chi connectivity index (χ1n) is 12.1. The van der Waals surface area contributed by atoms with E-state index in [2.05, 4.69) is 17.2 Å². The summed E-state index contributed by atoms with van der Waals surface area (Å²) in [4.78, 5) is 26.3. The number of anilines is 1. The highest BCUT2D eigenvalue weighted by Gasteiger charge is 2.20. The molecule has 1 atom stereocenters. The van der Waals surface area contributed by atoms with Crippen molar-refractivity contribution in [2.24, 2.45) is 0 Å². The molecule has 0 radical (unpaired) electrons. The number of fused-ring (bicyclic) bond motifs is 1. The fourth-order valence-electron chi connectivity index (χ4n) is 4.38. The number of rotatable bonds is 8. The number of carbonyl (C=O) groups excluding carboxylic acids is 1. The van der Waals surface area contributed by atoms with Crippen molar-refractivity contribution < 1.29 is 18.3 Å². The maximum absolute atomic E-state index is 13.6. The molecule has 2 heterocycles. The van der Waals surface area contributed by atoms with E-state index in [1.54, 1.807) is 6.07 Å². The van der Waals surface area contributed by atoms with Gasteiger partial charge in [0.15, 0.2) is 11.6 Å². The Morgan fingerprint density at radius 3 is 2.63 bits per heavy atom. The topological polar surface area (TPSA) is 72.4 Å². The van der Waals surface area contributed by atoms with Gasteiger partial charge >= 0.3 is 0 Å². The second-order valence-corrected chi connectivity index (χ2v) is 9.08. The molecule has 0 bridgehead atoms. The van der Waals surface area contributed by atoms with Crippen molar-refractivity contribution in [2.45, 2.75) is 19.0 Å². The average molecular weight is 514 g/mol. The number of hydrogen-bond donors (Lipinski definition) is 2. The fourth-order valence-corrected chi connectivity index (χ4v) is 4.38. The Hall–Kier alpha value is -4.72. The lowest BCUT2D eigenvalue weighted by molar-refractivity contribution is 0.0919. The fraction of sp³-hybridized carbons (Fsp3) is 0.133. The van der Waals surface area contributed by atoms with Gasteiger partial charge in [-0.25, -0.2) is 8.78 Å². The van der Waals surface area contributed by atoms with Crippen molar-refractivity contribution >= 4 is 11.6 Å². The quantitative estimate of drug-likeness (QED) is 0.340. The molecule has 0 fully saturated rings. The molecule has 0 saturated carbocycles. The van der Waals surface area contributed by atoms with E-state index in [9.17, 15) is 18.4 Å². The van der Waals surface area contributed by atoms with E-state index in [-0.39, 0.29) is 18.7 Å². The minimum absolute atomic E-state index is 0.0119. The zero-order chi connectivity index (χ0) is 26.6. The Morgan fingerprint density at radius 1 is 1.03 bits per heavy atom. The molecule has 4 aromatic rings. The van der Waals surface area contributed by atoms with Crippen molar-refractivity contribution in [1.82, 2.24) is 9.88 Å². The van der Waals surface area contributed by atoms with Gasteiger partial charge in [0.05, 0.1) is 12.6 Å². The van der Waals surface area contributed by atoms with Crippen LogP contribution in [0.2, 0.25) is 0 Å². The van der Waals surface area contributed by atoms with Crippen molar-refractivity contribution in [3.05, 3.63) is 142 Å². The van der Waals surface area contributed by atoms with Crippen LogP contribution >= 0.6 is 0 Å². The standard InChI is InChI=1S/C30H25F2N3O3/c1-19-14-22-16-23(10-12-27(22)33-19)38-18-28(21-6-3-2-4-7-21)34-29(36)24-8-5-13-35(30(24)37)17-20-9-11-25(31)26(32)15-20/h2-13,15-16,28,33H,1,14,17-18H2,(H,34,36)/t28-/m0/s1. The van der Waals surface area contributed by atoms with Crippen LogP contribution < -0.4 is 20.9 Å². The molecule has 6 nitrogen and oxygen atoms in total. The van der Waals surface area contributed by atoms with E-state index < -0.39 is 29.1 Å². The summed E-state index contributed by atoms with van der Waals surface area (Å²) in [5.41, 5.74) is 3.59. The molecule has 0 aliphatic carbocycles. The van der Waals surface area contributed by atoms with Gasteiger partial charge in [0, 0.05) is 24.0 Å². The van der Waals surface area contributed by atoms with E-state index in [4.69, 9.17) is 4.74 Å². The number of aromatic nitrogens is 1. The summed E-state index contributed by atoms with van der Waals surface area (Å²) in [6.45, 7) is 4.09. The van der Waals surface area contributed by atoms with Crippen LogP contribution in [0.5, 0.6) is 5.75 Å². The summed E-state index contributed by atoms with van der Waals surface area (Å²) in [6.07, 6.45) is 2.21. The van der Waals surface area contributed by atoms with Crippen LogP contribution in [-0.4, -0.2) is 17.1 Å². The summed E-state index contributed by atoms with van der Waals surface area (Å²) >= 11 is 0. The minimum Gasteiger partial charge on any atom is -0.491 e. The number of carbonyl (C=O) groups is 1. The van der Waals surface area contributed by atoms with Crippen molar-refractivity contribution in [3.8, 4) is 5.75 Å². The van der Waals surface area contributed by atoms with Crippen LogP contribution in [0.15, 0.2) is 102 Å². The zero-order valence-corrected chi connectivity index (χ0v) is 20.4. The van der Waals surface area contributed by atoms with Crippen LogP contribution in [0.4, 0.5) is 14.5 Å². The summed E-state index contributed by atoms with van der Waals surface area (Å²) in [7, 11) is 0. The molecule has 0 spiro atoms. The lowest BCUT2D eigenvalue weighted by Gasteiger charge is -2.20. The van der Waals surface area contributed by atoms with Gasteiger partial charge in [-0.3, -0.25) is 9.59 Å². The molecule has 1 aliphatic rings. The molecule has 8 heteroatoms. The number of pyridine rings is 1. The predicted octanol–water partition coefficient (Wildman–Crippen LogP) is 5.21. The molecular weight excluding hydrogens is 488 g/mol. The SMILES string of the molecule is C=C1Cc2cc(OC[C@H](NC(=O)c3cccn(Cc4ccc(F)c(F)c4)c3=O)c3ccccc3)ccc2N1. The van der Waals surface area contributed by atoms with E-state index in [1.165, 1.54) is 22.9 Å². The first-order chi connectivity index (χ1) is 18.4. The molecule has 38 heavy (non-hydrogen) atoms. The largest absolute Gasteiger partial charge is 0.491 e. The highest BCUT2D eigenvalue weighted by atomic mass is 19.2. The molecule has 3 aromatic carbocycles. The van der Waals surface area contributed by atoms with Gasteiger partial charge < -0.3 is 19.9 Å². The number of allylic oxidation sites excluding steroid dienone is 1. The van der Waals surface area contributed by atoms with E-state index >= 15 is 0 Å². The number of ether oxygens (including phenoxy) is 1. The maximum atomic E-state index is 13.6. The van der Waals surface area contributed by atoms with Crippen molar-refractivity contribution in [3.63, 3.8) is 0 Å². The molecule has 5 rings (SSSR count). The second-order valence-electron chi connectivity index (χ2n) is 9.08. The number of halogens is 2. The van der Waals surface area contributed by atoms with Gasteiger partial charge in [0.25, 0.3) is 11.5 Å². The Balaban J connectivity index is 1.34. The normalized spacial score (nSPS) is 12.9. The summed E-state index contributed by atoms with van der Waals surface area (Å²) in [6, 6.07) is 20.9. The van der Waals surface area contributed by atoms with Crippen LogP contribution in [0.3, 0.4) is 0 Å². The average Bonchev–Trinajstić information content (AvgIpc) is 3.29. The van der Waals surface area contributed by atoms with Crippen molar-refractivity contribution in [1.29, 1.82) is 0 Å². The molecule has 1 aromatic heterocycles. The Bertz CT molecular complexity index is 1570. The molecule has 192 valence electrons. The number of nitrogens with one attached hydrogen (secondary N) is 2. The van der Waals surface area contributed by atoms with E-state index in [0.717, 1.165) is 41.1 Å². The van der Waals surface area contributed by atoms with Gasteiger partial charge in [0.1, 0.15) is 17.9 Å².